The molecule has 0 fully saturated rings. The topological polar surface area (TPSA) is 41.5 Å². The molecule has 0 aliphatic rings. The molecule has 0 bridgehead atoms. The molecule has 0 aromatic heterocycles. The van der Waals surface area contributed by atoms with Gasteiger partial charge < -0.3 is 15.2 Å². The summed E-state index contributed by atoms with van der Waals surface area (Å²) in [5.41, 5.74) is -0.178. The highest BCUT2D eigenvalue weighted by molar-refractivity contribution is 4.82. The van der Waals surface area contributed by atoms with Crippen LogP contribution in [-0.2, 0) is 4.74 Å². The molecule has 17 heavy (non-hydrogen) atoms. The van der Waals surface area contributed by atoms with E-state index in [2.05, 4.69) is 39.9 Å². The molecule has 0 saturated heterocycles. The minimum atomic E-state index is -0.157. The second-order valence-corrected chi connectivity index (χ2v) is 5.71. The van der Waals surface area contributed by atoms with E-state index in [1.54, 1.807) is 0 Å². The lowest BCUT2D eigenvalue weighted by Crippen LogP contribution is -2.46. The standard InChI is InChI=1S/C14H31NO2/c1-6-10-15-14(5,12-16)9-8-11-17-13(3,4)7-2/h15-16H,6-12H2,1-5H3. The van der Waals surface area contributed by atoms with Gasteiger partial charge in [-0.2, -0.15) is 0 Å². The van der Waals surface area contributed by atoms with Crippen LogP contribution < -0.4 is 5.32 Å². The Morgan fingerprint density at radius 2 is 1.82 bits per heavy atom. The van der Waals surface area contributed by atoms with E-state index in [-0.39, 0.29) is 17.7 Å². The molecule has 0 amide bonds. The lowest BCUT2D eigenvalue weighted by Gasteiger charge is -2.30. The third-order valence-electron chi connectivity index (χ3n) is 3.37. The summed E-state index contributed by atoms with van der Waals surface area (Å²) in [7, 11) is 0. The van der Waals surface area contributed by atoms with Gasteiger partial charge in [0.25, 0.3) is 0 Å². The van der Waals surface area contributed by atoms with Gasteiger partial charge >= 0.3 is 0 Å². The first-order chi connectivity index (χ1) is 7.89. The lowest BCUT2D eigenvalue weighted by molar-refractivity contribution is -0.0243. The zero-order chi connectivity index (χ0) is 13.4. The summed E-state index contributed by atoms with van der Waals surface area (Å²) in [5.74, 6) is 0. The summed E-state index contributed by atoms with van der Waals surface area (Å²) in [6.45, 7) is 12.5. The Morgan fingerprint density at radius 3 is 2.29 bits per heavy atom. The summed E-state index contributed by atoms with van der Waals surface area (Å²) < 4.78 is 5.81. The summed E-state index contributed by atoms with van der Waals surface area (Å²) in [4.78, 5) is 0. The number of aliphatic hydroxyl groups is 1. The van der Waals surface area contributed by atoms with Crippen molar-refractivity contribution in [3.8, 4) is 0 Å². The lowest BCUT2D eigenvalue weighted by atomic mass is 9.96. The number of hydrogen-bond acceptors (Lipinski definition) is 3. The van der Waals surface area contributed by atoms with E-state index in [9.17, 15) is 5.11 Å². The van der Waals surface area contributed by atoms with Crippen molar-refractivity contribution in [3.05, 3.63) is 0 Å². The number of hydrogen-bond donors (Lipinski definition) is 2. The van der Waals surface area contributed by atoms with Crippen LogP contribution in [0, 0.1) is 0 Å². The molecule has 0 heterocycles. The molecule has 0 rings (SSSR count). The maximum Gasteiger partial charge on any atom is 0.0623 e. The molecule has 0 aromatic carbocycles. The Hall–Kier alpha value is -0.120. The molecule has 0 aromatic rings. The van der Waals surface area contributed by atoms with Crippen LogP contribution in [0.3, 0.4) is 0 Å². The van der Waals surface area contributed by atoms with Crippen molar-refractivity contribution >= 4 is 0 Å². The second-order valence-electron chi connectivity index (χ2n) is 5.71. The van der Waals surface area contributed by atoms with E-state index >= 15 is 0 Å². The van der Waals surface area contributed by atoms with Crippen molar-refractivity contribution in [3.63, 3.8) is 0 Å². The molecule has 0 saturated carbocycles. The van der Waals surface area contributed by atoms with Crippen LogP contribution in [0.1, 0.15) is 60.3 Å². The molecule has 0 radical (unpaired) electrons. The van der Waals surface area contributed by atoms with Crippen LogP contribution >= 0.6 is 0 Å². The fraction of sp³-hybridized carbons (Fsp3) is 1.00. The first-order valence-corrected chi connectivity index (χ1v) is 6.89. The predicted octanol–water partition coefficient (Wildman–Crippen LogP) is 2.72. The third kappa shape index (κ3) is 7.74. The van der Waals surface area contributed by atoms with E-state index < -0.39 is 0 Å². The van der Waals surface area contributed by atoms with Crippen molar-refractivity contribution in [1.82, 2.24) is 5.32 Å². The quantitative estimate of drug-likeness (QED) is 0.582. The summed E-state index contributed by atoms with van der Waals surface area (Å²) >= 11 is 0. The third-order valence-corrected chi connectivity index (χ3v) is 3.37. The SMILES string of the molecule is CCCNC(C)(CO)CCCOC(C)(C)CC. The zero-order valence-corrected chi connectivity index (χ0v) is 12.3. The van der Waals surface area contributed by atoms with Gasteiger partial charge in [-0.3, -0.25) is 0 Å². The molecule has 1 atom stereocenters. The molecule has 1 unspecified atom stereocenters. The van der Waals surface area contributed by atoms with E-state index in [0.29, 0.717) is 0 Å². The molecule has 3 heteroatoms. The largest absolute Gasteiger partial charge is 0.394 e. The van der Waals surface area contributed by atoms with E-state index in [0.717, 1.165) is 38.8 Å². The summed E-state index contributed by atoms with van der Waals surface area (Å²) in [6.07, 6.45) is 4.05. The zero-order valence-electron chi connectivity index (χ0n) is 12.3. The van der Waals surface area contributed by atoms with Gasteiger partial charge in [0.1, 0.15) is 0 Å². The highest BCUT2D eigenvalue weighted by Crippen LogP contribution is 2.16. The number of ether oxygens (including phenoxy) is 1. The van der Waals surface area contributed by atoms with Crippen molar-refractivity contribution in [2.45, 2.75) is 71.4 Å². The van der Waals surface area contributed by atoms with Crippen LogP contribution in [0.4, 0.5) is 0 Å². The Kier molecular flexibility index (Phi) is 8.01. The molecule has 0 spiro atoms. The molecular formula is C14H31NO2. The van der Waals surface area contributed by atoms with Gasteiger partial charge in [-0.1, -0.05) is 13.8 Å². The number of aliphatic hydroxyl groups excluding tert-OH is 1. The molecule has 104 valence electrons. The average molecular weight is 245 g/mol. The maximum atomic E-state index is 9.41. The number of rotatable bonds is 10. The van der Waals surface area contributed by atoms with Gasteiger partial charge in [0.2, 0.25) is 0 Å². The van der Waals surface area contributed by atoms with Gasteiger partial charge in [0.05, 0.1) is 12.2 Å². The number of nitrogens with one attached hydrogen (secondary N) is 1. The van der Waals surface area contributed by atoms with Gasteiger partial charge in [-0.15, -0.1) is 0 Å². The van der Waals surface area contributed by atoms with Crippen molar-refractivity contribution in [2.24, 2.45) is 0 Å². The maximum absolute atomic E-state index is 9.41. The smallest absolute Gasteiger partial charge is 0.0623 e. The molecule has 2 N–H and O–H groups in total. The van der Waals surface area contributed by atoms with Gasteiger partial charge in [0.15, 0.2) is 0 Å². The second kappa shape index (κ2) is 8.06. The fourth-order valence-electron chi connectivity index (χ4n) is 1.56. The monoisotopic (exact) mass is 245 g/mol. The van der Waals surface area contributed by atoms with Crippen LogP contribution in [0.25, 0.3) is 0 Å². The fourth-order valence-corrected chi connectivity index (χ4v) is 1.56. The Morgan fingerprint density at radius 1 is 1.18 bits per heavy atom. The normalized spacial score (nSPS) is 15.9. The Labute approximate surface area is 107 Å². The van der Waals surface area contributed by atoms with E-state index in [4.69, 9.17) is 4.74 Å². The highest BCUT2D eigenvalue weighted by Gasteiger charge is 2.22. The minimum absolute atomic E-state index is 0.0214. The highest BCUT2D eigenvalue weighted by atomic mass is 16.5. The van der Waals surface area contributed by atoms with E-state index in [1.807, 2.05) is 0 Å². The molecule has 0 aliphatic heterocycles. The van der Waals surface area contributed by atoms with Gasteiger partial charge in [-0.05, 0) is 53.0 Å². The van der Waals surface area contributed by atoms with Crippen molar-refractivity contribution < 1.29 is 9.84 Å². The van der Waals surface area contributed by atoms with Crippen molar-refractivity contribution in [2.75, 3.05) is 19.8 Å². The Bertz CT molecular complexity index is 195. The van der Waals surface area contributed by atoms with Crippen molar-refractivity contribution in [1.29, 1.82) is 0 Å². The van der Waals surface area contributed by atoms with Crippen LogP contribution in [0.15, 0.2) is 0 Å². The first kappa shape index (κ1) is 16.9. The molecule has 0 aliphatic carbocycles. The summed E-state index contributed by atoms with van der Waals surface area (Å²) in [6, 6.07) is 0. The summed E-state index contributed by atoms with van der Waals surface area (Å²) in [5, 5.41) is 12.8. The van der Waals surface area contributed by atoms with Gasteiger partial charge in [0, 0.05) is 12.1 Å². The van der Waals surface area contributed by atoms with E-state index in [1.165, 1.54) is 0 Å². The first-order valence-electron chi connectivity index (χ1n) is 6.89. The predicted molar refractivity (Wildman–Crippen MR) is 73.3 cm³/mol. The van der Waals surface area contributed by atoms with Crippen LogP contribution in [-0.4, -0.2) is 36.0 Å². The minimum Gasteiger partial charge on any atom is -0.394 e. The van der Waals surface area contributed by atoms with Gasteiger partial charge in [-0.25, -0.2) is 0 Å². The Balaban J connectivity index is 3.83. The van der Waals surface area contributed by atoms with Crippen LogP contribution in [0.5, 0.6) is 0 Å². The molecule has 3 nitrogen and oxygen atoms in total. The average Bonchev–Trinajstić information content (AvgIpc) is 2.32. The molecular weight excluding hydrogens is 214 g/mol. The van der Waals surface area contributed by atoms with Crippen LogP contribution in [0.2, 0.25) is 0 Å².